The van der Waals surface area contributed by atoms with Crippen molar-refractivity contribution in [2.24, 2.45) is 5.92 Å². The van der Waals surface area contributed by atoms with Crippen molar-refractivity contribution in [1.29, 1.82) is 0 Å². The summed E-state index contributed by atoms with van der Waals surface area (Å²) >= 11 is 5.90. The fourth-order valence-electron chi connectivity index (χ4n) is 2.65. The van der Waals surface area contributed by atoms with Crippen LogP contribution in [0.15, 0.2) is 24.3 Å². The quantitative estimate of drug-likeness (QED) is 0.785. The van der Waals surface area contributed by atoms with Gasteiger partial charge in [-0.1, -0.05) is 49.8 Å². The zero-order valence-corrected chi connectivity index (χ0v) is 12.2. The van der Waals surface area contributed by atoms with E-state index in [-0.39, 0.29) is 11.9 Å². The van der Waals surface area contributed by atoms with E-state index in [0.29, 0.717) is 23.1 Å². The molecule has 2 nitrogen and oxygen atoms in total. The Hall–Kier alpha value is -1.02. The highest BCUT2D eigenvalue weighted by atomic mass is 35.5. The Labute approximate surface area is 120 Å². The first-order chi connectivity index (χ1) is 9.15. The van der Waals surface area contributed by atoms with Gasteiger partial charge < -0.3 is 4.74 Å². The van der Waals surface area contributed by atoms with Gasteiger partial charge in [0, 0.05) is 11.4 Å². The predicted molar refractivity (Wildman–Crippen MR) is 77.7 cm³/mol. The minimum atomic E-state index is -0.389. The van der Waals surface area contributed by atoms with Crippen molar-refractivity contribution in [3.63, 3.8) is 0 Å². The molecule has 0 aromatic heterocycles. The first-order valence-corrected chi connectivity index (χ1v) is 7.48. The van der Waals surface area contributed by atoms with Crippen LogP contribution in [0.25, 0.3) is 0 Å². The highest BCUT2D eigenvalue weighted by Crippen LogP contribution is 2.27. The van der Waals surface area contributed by atoms with Crippen LogP contribution in [0.3, 0.4) is 0 Å². The third kappa shape index (κ3) is 4.54. The van der Waals surface area contributed by atoms with Crippen LogP contribution < -0.4 is 4.74 Å². The number of hydrogen-bond acceptors (Lipinski definition) is 2. The number of carbonyl (C=O) groups is 1. The molecule has 2 rings (SSSR count). The number of ether oxygens (including phenoxy) is 1. The number of rotatable bonds is 5. The van der Waals surface area contributed by atoms with Crippen LogP contribution >= 0.6 is 11.6 Å². The number of hydrogen-bond donors (Lipinski definition) is 0. The molecule has 0 saturated heterocycles. The molecule has 1 aliphatic rings. The average molecular weight is 281 g/mol. The average Bonchev–Trinajstić information content (AvgIpc) is 2.40. The first kappa shape index (κ1) is 14.4. The molecule has 1 saturated carbocycles. The zero-order chi connectivity index (χ0) is 13.7. The maximum atomic E-state index is 12.1. The van der Waals surface area contributed by atoms with Gasteiger partial charge in [0.05, 0.1) is 0 Å². The molecule has 1 fully saturated rings. The molecule has 0 radical (unpaired) electrons. The van der Waals surface area contributed by atoms with E-state index in [4.69, 9.17) is 16.3 Å². The molecule has 1 atom stereocenters. The highest BCUT2D eigenvalue weighted by Gasteiger charge is 2.21. The van der Waals surface area contributed by atoms with E-state index in [1.807, 2.05) is 19.1 Å². The van der Waals surface area contributed by atoms with Crippen molar-refractivity contribution in [2.45, 2.75) is 51.6 Å². The van der Waals surface area contributed by atoms with E-state index in [9.17, 15) is 4.79 Å². The molecule has 0 spiro atoms. The van der Waals surface area contributed by atoms with Gasteiger partial charge in [-0.15, -0.1) is 0 Å². The summed E-state index contributed by atoms with van der Waals surface area (Å²) in [5, 5.41) is 0.629. The highest BCUT2D eigenvalue weighted by molar-refractivity contribution is 6.30. The second kappa shape index (κ2) is 6.95. The van der Waals surface area contributed by atoms with E-state index in [1.165, 1.54) is 32.1 Å². The molecule has 1 aromatic carbocycles. The maximum absolute atomic E-state index is 12.1. The normalized spacial score (nSPS) is 18.0. The smallest absolute Gasteiger partial charge is 0.173 e. The lowest BCUT2D eigenvalue weighted by molar-refractivity contribution is -0.126. The van der Waals surface area contributed by atoms with Gasteiger partial charge in [-0.25, -0.2) is 0 Å². The van der Waals surface area contributed by atoms with Crippen LogP contribution in [-0.4, -0.2) is 11.9 Å². The molecule has 1 unspecified atom stereocenters. The molecule has 0 bridgehead atoms. The van der Waals surface area contributed by atoms with Crippen LogP contribution in [0, 0.1) is 5.92 Å². The summed E-state index contributed by atoms with van der Waals surface area (Å²) in [5.74, 6) is 1.43. The Balaban J connectivity index is 1.84. The maximum Gasteiger partial charge on any atom is 0.173 e. The van der Waals surface area contributed by atoms with E-state index in [1.54, 1.807) is 12.1 Å². The summed E-state index contributed by atoms with van der Waals surface area (Å²) in [5.41, 5.74) is 0. The lowest BCUT2D eigenvalue weighted by Crippen LogP contribution is -2.26. The topological polar surface area (TPSA) is 26.3 Å². The Morgan fingerprint density at radius 2 is 2.11 bits per heavy atom. The Bertz CT molecular complexity index is 425. The van der Waals surface area contributed by atoms with Gasteiger partial charge in [0.25, 0.3) is 0 Å². The molecule has 0 amide bonds. The molecule has 1 aromatic rings. The van der Waals surface area contributed by atoms with Crippen LogP contribution in [-0.2, 0) is 4.79 Å². The van der Waals surface area contributed by atoms with Gasteiger partial charge in [0.1, 0.15) is 5.75 Å². The van der Waals surface area contributed by atoms with E-state index >= 15 is 0 Å². The molecular formula is C16H21ClO2. The molecule has 0 heterocycles. The van der Waals surface area contributed by atoms with Crippen LogP contribution in [0.2, 0.25) is 5.02 Å². The molecule has 0 aliphatic heterocycles. The van der Waals surface area contributed by atoms with Crippen LogP contribution in [0.4, 0.5) is 0 Å². The van der Waals surface area contributed by atoms with E-state index < -0.39 is 0 Å². The molecule has 104 valence electrons. The summed E-state index contributed by atoms with van der Waals surface area (Å²) in [4.78, 5) is 12.1. The lowest BCUT2D eigenvalue weighted by atomic mass is 9.85. The zero-order valence-electron chi connectivity index (χ0n) is 11.4. The monoisotopic (exact) mass is 280 g/mol. The van der Waals surface area contributed by atoms with Crippen molar-refractivity contribution in [2.75, 3.05) is 0 Å². The van der Waals surface area contributed by atoms with Gasteiger partial charge in [-0.2, -0.15) is 0 Å². The van der Waals surface area contributed by atoms with E-state index in [2.05, 4.69) is 0 Å². The van der Waals surface area contributed by atoms with Crippen molar-refractivity contribution >= 4 is 17.4 Å². The lowest BCUT2D eigenvalue weighted by Gasteiger charge is -2.22. The van der Waals surface area contributed by atoms with E-state index in [0.717, 1.165) is 0 Å². The van der Waals surface area contributed by atoms with Crippen molar-refractivity contribution in [3.05, 3.63) is 29.3 Å². The fraction of sp³-hybridized carbons (Fsp3) is 0.562. The second-order valence-corrected chi connectivity index (χ2v) is 5.83. The summed E-state index contributed by atoms with van der Waals surface area (Å²) in [6, 6.07) is 7.20. The summed E-state index contributed by atoms with van der Waals surface area (Å²) in [6.07, 6.45) is 6.50. The molecular weight excluding hydrogens is 260 g/mol. The van der Waals surface area contributed by atoms with Gasteiger partial charge in [-0.05, 0) is 31.0 Å². The minimum Gasteiger partial charge on any atom is -0.483 e. The number of ketones is 1. The Morgan fingerprint density at radius 1 is 1.37 bits per heavy atom. The largest absolute Gasteiger partial charge is 0.483 e. The van der Waals surface area contributed by atoms with Gasteiger partial charge in [0.2, 0.25) is 0 Å². The van der Waals surface area contributed by atoms with Crippen LogP contribution in [0.5, 0.6) is 5.75 Å². The number of carbonyl (C=O) groups excluding carboxylic acids is 1. The van der Waals surface area contributed by atoms with Gasteiger partial charge >= 0.3 is 0 Å². The fourth-order valence-corrected chi connectivity index (χ4v) is 2.83. The van der Waals surface area contributed by atoms with Gasteiger partial charge in [0.15, 0.2) is 11.9 Å². The molecule has 0 N–H and O–H groups in total. The number of Topliss-reactive ketones (excluding diaryl/α,β-unsaturated/α-hetero) is 1. The molecule has 3 heteroatoms. The molecule has 19 heavy (non-hydrogen) atoms. The minimum absolute atomic E-state index is 0.201. The number of halogens is 1. The Morgan fingerprint density at radius 3 is 2.79 bits per heavy atom. The SMILES string of the molecule is CC(Oc1cccc(Cl)c1)C(=O)CC1CCCCC1. The third-order valence-electron chi connectivity index (χ3n) is 3.78. The van der Waals surface area contributed by atoms with Crippen molar-refractivity contribution < 1.29 is 9.53 Å². The summed E-state index contributed by atoms with van der Waals surface area (Å²) in [7, 11) is 0. The standard InChI is InChI=1S/C16H21ClO2/c1-12(19-15-9-5-8-14(17)11-15)16(18)10-13-6-3-2-4-7-13/h5,8-9,11-13H,2-4,6-7,10H2,1H3. The summed E-state index contributed by atoms with van der Waals surface area (Å²) < 4.78 is 5.66. The first-order valence-electron chi connectivity index (χ1n) is 7.10. The Kier molecular flexibility index (Phi) is 5.26. The van der Waals surface area contributed by atoms with Crippen LogP contribution in [0.1, 0.15) is 45.4 Å². The number of benzene rings is 1. The summed E-state index contributed by atoms with van der Waals surface area (Å²) in [6.45, 7) is 1.83. The predicted octanol–water partition coefficient (Wildman–Crippen LogP) is 4.65. The molecule has 1 aliphatic carbocycles. The second-order valence-electron chi connectivity index (χ2n) is 5.39. The van der Waals surface area contributed by atoms with Gasteiger partial charge in [-0.3, -0.25) is 4.79 Å². The van der Waals surface area contributed by atoms with Crippen molar-refractivity contribution in [3.8, 4) is 5.75 Å². The van der Waals surface area contributed by atoms with Crippen molar-refractivity contribution in [1.82, 2.24) is 0 Å². The third-order valence-corrected chi connectivity index (χ3v) is 4.01.